The van der Waals surface area contributed by atoms with Gasteiger partial charge in [-0.15, -0.1) is 11.3 Å². The summed E-state index contributed by atoms with van der Waals surface area (Å²) in [5.74, 6) is 5.67. The van der Waals surface area contributed by atoms with Gasteiger partial charge in [0.05, 0.1) is 4.88 Å². The van der Waals surface area contributed by atoms with Gasteiger partial charge in [0, 0.05) is 24.0 Å². The van der Waals surface area contributed by atoms with Crippen LogP contribution in [0.1, 0.15) is 41.6 Å². The molecule has 1 N–H and O–H groups in total. The van der Waals surface area contributed by atoms with Crippen LogP contribution < -0.4 is 0 Å². The van der Waals surface area contributed by atoms with Crippen LogP contribution in [0.15, 0.2) is 36.4 Å². The van der Waals surface area contributed by atoms with Crippen molar-refractivity contribution in [1.29, 1.82) is 0 Å². The summed E-state index contributed by atoms with van der Waals surface area (Å²) in [6.07, 6.45) is 1.11. The van der Waals surface area contributed by atoms with Crippen molar-refractivity contribution in [2.24, 2.45) is 0 Å². The van der Waals surface area contributed by atoms with E-state index in [1.807, 2.05) is 18.2 Å². The SMILES string of the molecule is CC(C)(O)C#Cc1ccc(CN2CCC2c2ccc(F)cc2)s1. The van der Waals surface area contributed by atoms with Gasteiger partial charge in [-0.25, -0.2) is 4.39 Å². The number of thiophene rings is 1. The zero-order chi connectivity index (χ0) is 16.4. The van der Waals surface area contributed by atoms with Gasteiger partial charge in [0.25, 0.3) is 0 Å². The third-order valence-electron chi connectivity index (χ3n) is 3.90. The first kappa shape index (κ1) is 16.2. The minimum atomic E-state index is -0.963. The van der Waals surface area contributed by atoms with Crippen LogP contribution in [0.2, 0.25) is 0 Å². The van der Waals surface area contributed by atoms with Crippen LogP contribution in [0, 0.1) is 17.7 Å². The number of nitrogens with zero attached hydrogens (tertiary/aromatic N) is 1. The molecule has 0 radical (unpaired) electrons. The molecular weight excluding hydrogens is 309 g/mol. The second-order valence-corrected chi connectivity index (χ2v) is 7.57. The second kappa shape index (κ2) is 6.45. The fourth-order valence-electron chi connectivity index (χ4n) is 2.64. The summed E-state index contributed by atoms with van der Waals surface area (Å²) >= 11 is 1.66. The third-order valence-corrected chi connectivity index (χ3v) is 4.88. The number of likely N-dealkylation sites (tertiary alicyclic amines) is 1. The minimum Gasteiger partial charge on any atom is -0.378 e. The van der Waals surface area contributed by atoms with Gasteiger partial charge in [0.2, 0.25) is 0 Å². The summed E-state index contributed by atoms with van der Waals surface area (Å²) in [6, 6.07) is 11.3. The van der Waals surface area contributed by atoms with E-state index in [0.717, 1.165) is 24.4 Å². The zero-order valence-electron chi connectivity index (χ0n) is 13.3. The highest BCUT2D eigenvalue weighted by Crippen LogP contribution is 2.35. The Kier molecular flexibility index (Phi) is 4.54. The van der Waals surface area contributed by atoms with E-state index in [4.69, 9.17) is 0 Å². The Morgan fingerprint density at radius 3 is 2.61 bits per heavy atom. The number of hydrogen-bond donors (Lipinski definition) is 1. The number of benzene rings is 1. The minimum absolute atomic E-state index is 0.187. The molecule has 23 heavy (non-hydrogen) atoms. The first-order valence-electron chi connectivity index (χ1n) is 7.74. The summed E-state index contributed by atoms with van der Waals surface area (Å²) in [6.45, 7) is 5.31. The Morgan fingerprint density at radius 2 is 2.00 bits per heavy atom. The molecule has 1 fully saturated rings. The van der Waals surface area contributed by atoms with Gasteiger partial charge in [-0.2, -0.15) is 0 Å². The molecule has 1 saturated heterocycles. The topological polar surface area (TPSA) is 23.5 Å². The zero-order valence-corrected chi connectivity index (χ0v) is 14.2. The van der Waals surface area contributed by atoms with E-state index in [1.54, 1.807) is 25.2 Å². The number of rotatable bonds is 3. The highest BCUT2D eigenvalue weighted by atomic mass is 32.1. The highest BCUT2D eigenvalue weighted by molar-refractivity contribution is 7.12. The van der Waals surface area contributed by atoms with Gasteiger partial charge in [0.1, 0.15) is 11.4 Å². The maximum atomic E-state index is 13.0. The van der Waals surface area contributed by atoms with Crippen LogP contribution in [0.5, 0.6) is 0 Å². The lowest BCUT2D eigenvalue weighted by atomic mass is 9.95. The summed E-state index contributed by atoms with van der Waals surface area (Å²) < 4.78 is 13.0. The van der Waals surface area contributed by atoms with E-state index in [2.05, 4.69) is 22.8 Å². The molecule has 1 unspecified atom stereocenters. The molecule has 0 spiro atoms. The first-order chi connectivity index (χ1) is 10.9. The largest absolute Gasteiger partial charge is 0.378 e. The predicted octanol–water partition coefficient (Wildman–Crippen LogP) is 3.96. The normalized spacial score (nSPS) is 18.2. The van der Waals surface area contributed by atoms with Crippen LogP contribution in [0.3, 0.4) is 0 Å². The van der Waals surface area contributed by atoms with Crippen molar-refractivity contribution in [3.05, 3.63) is 57.5 Å². The van der Waals surface area contributed by atoms with Crippen LogP contribution in [-0.2, 0) is 6.54 Å². The van der Waals surface area contributed by atoms with Crippen LogP contribution in [0.4, 0.5) is 4.39 Å². The van der Waals surface area contributed by atoms with Crippen LogP contribution in [0.25, 0.3) is 0 Å². The number of hydrogen-bond acceptors (Lipinski definition) is 3. The van der Waals surface area contributed by atoms with E-state index < -0.39 is 5.60 Å². The average molecular weight is 329 g/mol. The van der Waals surface area contributed by atoms with Crippen molar-refractivity contribution in [3.63, 3.8) is 0 Å². The molecule has 0 amide bonds. The lowest BCUT2D eigenvalue weighted by Gasteiger charge is -2.41. The van der Waals surface area contributed by atoms with Gasteiger partial charge in [-0.3, -0.25) is 4.90 Å². The Hall–Kier alpha value is -1.67. The van der Waals surface area contributed by atoms with Crippen molar-refractivity contribution in [1.82, 2.24) is 4.90 Å². The van der Waals surface area contributed by atoms with E-state index in [0.29, 0.717) is 6.04 Å². The van der Waals surface area contributed by atoms with Gasteiger partial charge in [-0.1, -0.05) is 24.0 Å². The first-order valence-corrected chi connectivity index (χ1v) is 8.56. The summed E-state index contributed by atoms with van der Waals surface area (Å²) in [5, 5.41) is 9.65. The molecular formula is C19H20FNOS. The second-order valence-electron chi connectivity index (χ2n) is 6.40. The monoisotopic (exact) mass is 329 g/mol. The molecule has 2 aromatic rings. The van der Waals surface area contributed by atoms with Crippen molar-refractivity contribution in [2.45, 2.75) is 38.5 Å². The average Bonchev–Trinajstić information content (AvgIpc) is 2.91. The maximum Gasteiger partial charge on any atom is 0.123 e. The molecule has 120 valence electrons. The van der Waals surface area contributed by atoms with E-state index >= 15 is 0 Å². The molecule has 4 heteroatoms. The van der Waals surface area contributed by atoms with Gasteiger partial charge < -0.3 is 5.11 Å². The van der Waals surface area contributed by atoms with E-state index in [9.17, 15) is 9.50 Å². The Bertz CT molecular complexity index is 733. The number of halogens is 1. The summed E-state index contributed by atoms with van der Waals surface area (Å²) in [7, 11) is 0. The molecule has 1 atom stereocenters. The van der Waals surface area contributed by atoms with Gasteiger partial charge in [-0.05, 0) is 50.1 Å². The Labute approximate surface area is 140 Å². The Balaban J connectivity index is 1.65. The van der Waals surface area contributed by atoms with Crippen molar-refractivity contribution in [3.8, 4) is 11.8 Å². The van der Waals surface area contributed by atoms with Crippen LogP contribution in [-0.4, -0.2) is 22.2 Å². The van der Waals surface area contributed by atoms with Crippen LogP contribution >= 0.6 is 11.3 Å². The molecule has 0 bridgehead atoms. The fraction of sp³-hybridized carbons (Fsp3) is 0.368. The fourth-order valence-corrected chi connectivity index (χ4v) is 3.52. The van der Waals surface area contributed by atoms with Gasteiger partial charge in [0.15, 0.2) is 0 Å². The molecule has 1 aromatic carbocycles. The lowest BCUT2D eigenvalue weighted by molar-refractivity contribution is 0.0831. The Morgan fingerprint density at radius 1 is 1.26 bits per heavy atom. The lowest BCUT2D eigenvalue weighted by Crippen LogP contribution is -2.39. The molecule has 1 aliphatic heterocycles. The predicted molar refractivity (Wildman–Crippen MR) is 91.7 cm³/mol. The van der Waals surface area contributed by atoms with Crippen molar-refractivity contribution >= 4 is 11.3 Å². The standard InChI is InChI=1S/C19H20FNOS/c1-19(2,22)11-9-16-7-8-17(23-16)13-21-12-10-18(21)14-3-5-15(20)6-4-14/h3-8,18,22H,10,12-13H2,1-2H3. The summed E-state index contributed by atoms with van der Waals surface area (Å²) in [5.41, 5.74) is 0.214. The maximum absolute atomic E-state index is 13.0. The molecule has 1 aromatic heterocycles. The van der Waals surface area contributed by atoms with Crippen molar-refractivity contribution < 1.29 is 9.50 Å². The number of aliphatic hydroxyl groups is 1. The van der Waals surface area contributed by atoms with E-state index in [-0.39, 0.29) is 5.82 Å². The smallest absolute Gasteiger partial charge is 0.123 e. The molecule has 3 rings (SSSR count). The molecule has 2 heterocycles. The molecule has 2 nitrogen and oxygen atoms in total. The van der Waals surface area contributed by atoms with Gasteiger partial charge >= 0.3 is 0 Å². The highest BCUT2D eigenvalue weighted by Gasteiger charge is 2.29. The quantitative estimate of drug-likeness (QED) is 0.862. The molecule has 0 saturated carbocycles. The van der Waals surface area contributed by atoms with E-state index in [1.165, 1.54) is 22.6 Å². The molecule has 0 aliphatic carbocycles. The summed E-state index contributed by atoms with van der Waals surface area (Å²) in [4.78, 5) is 4.63. The third kappa shape index (κ3) is 4.20. The van der Waals surface area contributed by atoms with Crippen molar-refractivity contribution in [2.75, 3.05) is 6.54 Å². The molecule has 1 aliphatic rings.